The van der Waals surface area contributed by atoms with Crippen molar-refractivity contribution in [1.82, 2.24) is 0 Å². The second kappa shape index (κ2) is 5.10. The van der Waals surface area contributed by atoms with Crippen LogP contribution in [0.25, 0.3) is 0 Å². The molecule has 0 aliphatic carbocycles. The number of carbonyl (C=O) groups excluding carboxylic acids is 1. The summed E-state index contributed by atoms with van der Waals surface area (Å²) in [7, 11) is 0. The molecular formula is C10H11BrFNO. The third kappa shape index (κ3) is 3.46. The maximum atomic E-state index is 13.2. The van der Waals surface area contributed by atoms with E-state index in [9.17, 15) is 9.18 Å². The number of rotatable bonds is 4. The van der Waals surface area contributed by atoms with Gasteiger partial charge in [-0.1, -0.05) is 22.0 Å². The lowest BCUT2D eigenvalue weighted by Crippen LogP contribution is -2.10. The summed E-state index contributed by atoms with van der Waals surface area (Å²) in [6.07, 6.45) is 1.44. The topological polar surface area (TPSA) is 43.1 Å². The van der Waals surface area contributed by atoms with Crippen molar-refractivity contribution >= 4 is 21.8 Å². The summed E-state index contributed by atoms with van der Waals surface area (Å²) in [5.74, 6) is -0.591. The molecule has 0 spiro atoms. The Hall–Kier alpha value is -0.900. The van der Waals surface area contributed by atoms with Crippen molar-refractivity contribution in [2.75, 3.05) is 0 Å². The van der Waals surface area contributed by atoms with Crippen molar-refractivity contribution in [1.29, 1.82) is 0 Å². The van der Waals surface area contributed by atoms with Crippen LogP contribution < -0.4 is 5.73 Å². The average molecular weight is 260 g/mol. The van der Waals surface area contributed by atoms with Crippen LogP contribution in [0.5, 0.6) is 0 Å². The van der Waals surface area contributed by atoms with Gasteiger partial charge in [0.1, 0.15) is 5.82 Å². The van der Waals surface area contributed by atoms with Crippen LogP contribution in [-0.2, 0) is 11.2 Å². The van der Waals surface area contributed by atoms with Crippen LogP contribution in [0.1, 0.15) is 18.4 Å². The number of aryl methyl sites for hydroxylation is 1. The van der Waals surface area contributed by atoms with Crippen LogP contribution in [0.2, 0.25) is 0 Å². The molecule has 76 valence electrons. The molecule has 0 radical (unpaired) electrons. The molecule has 0 aliphatic heterocycles. The molecule has 1 amide bonds. The number of halogens is 2. The first kappa shape index (κ1) is 11.2. The fraction of sp³-hybridized carbons (Fsp3) is 0.300. The highest BCUT2D eigenvalue weighted by Gasteiger charge is 2.03. The van der Waals surface area contributed by atoms with Gasteiger partial charge >= 0.3 is 0 Å². The van der Waals surface area contributed by atoms with Gasteiger partial charge in [0.25, 0.3) is 0 Å². The van der Waals surface area contributed by atoms with Gasteiger partial charge in [-0.25, -0.2) is 4.39 Å². The van der Waals surface area contributed by atoms with Gasteiger partial charge < -0.3 is 5.73 Å². The number of hydrogen-bond donors (Lipinski definition) is 1. The molecule has 1 aromatic carbocycles. The Balaban J connectivity index is 2.55. The van der Waals surface area contributed by atoms with E-state index in [1.165, 1.54) is 6.07 Å². The Morgan fingerprint density at radius 1 is 1.50 bits per heavy atom. The van der Waals surface area contributed by atoms with Crippen molar-refractivity contribution in [3.8, 4) is 0 Å². The minimum Gasteiger partial charge on any atom is -0.370 e. The number of amides is 1. The molecule has 2 nitrogen and oxygen atoms in total. The van der Waals surface area contributed by atoms with E-state index in [0.29, 0.717) is 29.3 Å². The second-order valence-electron chi connectivity index (χ2n) is 3.06. The van der Waals surface area contributed by atoms with Gasteiger partial charge in [0.05, 0.1) is 0 Å². The molecule has 1 rings (SSSR count). The maximum Gasteiger partial charge on any atom is 0.217 e. The molecule has 0 saturated heterocycles. The molecule has 0 atom stereocenters. The lowest BCUT2D eigenvalue weighted by molar-refractivity contribution is -0.118. The molecule has 0 saturated carbocycles. The molecule has 0 aliphatic rings. The lowest BCUT2D eigenvalue weighted by atomic mass is 10.1. The largest absolute Gasteiger partial charge is 0.370 e. The number of benzene rings is 1. The quantitative estimate of drug-likeness (QED) is 0.887. The summed E-state index contributed by atoms with van der Waals surface area (Å²) in [6.45, 7) is 0. The van der Waals surface area contributed by atoms with Gasteiger partial charge in [0.2, 0.25) is 5.91 Å². The van der Waals surface area contributed by atoms with Gasteiger partial charge in [-0.05, 0) is 30.5 Å². The van der Waals surface area contributed by atoms with Crippen molar-refractivity contribution < 1.29 is 9.18 Å². The first-order chi connectivity index (χ1) is 6.59. The van der Waals surface area contributed by atoms with E-state index < -0.39 is 0 Å². The summed E-state index contributed by atoms with van der Waals surface area (Å²) in [5.41, 5.74) is 5.60. The smallest absolute Gasteiger partial charge is 0.217 e. The van der Waals surface area contributed by atoms with Gasteiger partial charge in [-0.2, -0.15) is 0 Å². The highest BCUT2D eigenvalue weighted by Crippen LogP contribution is 2.16. The van der Waals surface area contributed by atoms with Crippen LogP contribution in [0.3, 0.4) is 0 Å². The standard InChI is InChI=1S/C10H11BrFNO/c11-8-5-4-7(9(12)6-8)2-1-3-10(13)14/h4-6H,1-3H2,(H2,13,14). The van der Waals surface area contributed by atoms with Crippen LogP contribution in [0.4, 0.5) is 4.39 Å². The van der Waals surface area contributed by atoms with Gasteiger partial charge in [-0.15, -0.1) is 0 Å². The van der Waals surface area contributed by atoms with E-state index in [-0.39, 0.29) is 11.7 Å². The van der Waals surface area contributed by atoms with Crippen LogP contribution >= 0.6 is 15.9 Å². The fourth-order valence-electron chi connectivity index (χ4n) is 1.18. The Labute approximate surface area is 90.4 Å². The zero-order valence-corrected chi connectivity index (χ0v) is 9.18. The predicted octanol–water partition coefficient (Wildman–Crippen LogP) is 2.40. The van der Waals surface area contributed by atoms with Crippen molar-refractivity contribution in [3.05, 3.63) is 34.1 Å². The minimum absolute atomic E-state index is 0.246. The van der Waals surface area contributed by atoms with Crippen LogP contribution in [0, 0.1) is 5.82 Å². The highest BCUT2D eigenvalue weighted by molar-refractivity contribution is 9.10. The summed E-state index contributed by atoms with van der Waals surface area (Å²) >= 11 is 3.17. The number of primary amides is 1. The Kier molecular flexibility index (Phi) is 4.07. The number of hydrogen-bond acceptors (Lipinski definition) is 1. The first-order valence-corrected chi connectivity index (χ1v) is 5.11. The van der Waals surface area contributed by atoms with Gasteiger partial charge in [-0.3, -0.25) is 4.79 Å². The summed E-state index contributed by atoms with van der Waals surface area (Å²) in [5, 5.41) is 0. The molecule has 0 fully saturated rings. The van der Waals surface area contributed by atoms with E-state index in [1.54, 1.807) is 12.1 Å². The minimum atomic E-state index is -0.345. The van der Waals surface area contributed by atoms with Crippen molar-refractivity contribution in [3.63, 3.8) is 0 Å². The molecule has 14 heavy (non-hydrogen) atoms. The zero-order valence-electron chi connectivity index (χ0n) is 7.59. The van der Waals surface area contributed by atoms with E-state index in [2.05, 4.69) is 15.9 Å². The lowest BCUT2D eigenvalue weighted by Gasteiger charge is -2.02. The molecule has 1 aromatic rings. The summed E-state index contributed by atoms with van der Waals surface area (Å²) in [6, 6.07) is 4.91. The Morgan fingerprint density at radius 3 is 2.79 bits per heavy atom. The van der Waals surface area contributed by atoms with Gasteiger partial charge in [0, 0.05) is 10.9 Å². The van der Waals surface area contributed by atoms with E-state index in [1.807, 2.05) is 0 Å². The first-order valence-electron chi connectivity index (χ1n) is 4.32. The molecule has 0 unspecified atom stereocenters. The maximum absolute atomic E-state index is 13.2. The normalized spacial score (nSPS) is 10.1. The third-order valence-electron chi connectivity index (χ3n) is 1.88. The van der Waals surface area contributed by atoms with Crippen LogP contribution in [0.15, 0.2) is 22.7 Å². The van der Waals surface area contributed by atoms with Crippen molar-refractivity contribution in [2.24, 2.45) is 5.73 Å². The zero-order chi connectivity index (χ0) is 10.6. The number of carbonyl (C=O) groups is 1. The van der Waals surface area contributed by atoms with E-state index in [0.717, 1.165) is 0 Å². The fourth-order valence-corrected chi connectivity index (χ4v) is 1.51. The Bertz CT molecular complexity index is 341. The average Bonchev–Trinajstić information content (AvgIpc) is 2.08. The van der Waals surface area contributed by atoms with Gasteiger partial charge in [0.15, 0.2) is 0 Å². The summed E-state index contributed by atoms with van der Waals surface area (Å²) in [4.78, 5) is 10.4. The molecule has 0 bridgehead atoms. The monoisotopic (exact) mass is 259 g/mol. The highest BCUT2D eigenvalue weighted by atomic mass is 79.9. The molecule has 0 heterocycles. The molecule has 4 heteroatoms. The molecular weight excluding hydrogens is 249 g/mol. The molecule has 2 N–H and O–H groups in total. The third-order valence-corrected chi connectivity index (χ3v) is 2.38. The van der Waals surface area contributed by atoms with E-state index >= 15 is 0 Å². The predicted molar refractivity (Wildman–Crippen MR) is 56.2 cm³/mol. The van der Waals surface area contributed by atoms with Crippen molar-refractivity contribution in [2.45, 2.75) is 19.3 Å². The van der Waals surface area contributed by atoms with Crippen LogP contribution in [-0.4, -0.2) is 5.91 Å². The Morgan fingerprint density at radius 2 is 2.21 bits per heavy atom. The SMILES string of the molecule is NC(=O)CCCc1ccc(Br)cc1F. The molecule has 0 aromatic heterocycles. The van der Waals surface area contributed by atoms with E-state index in [4.69, 9.17) is 5.73 Å². The summed E-state index contributed by atoms with van der Waals surface area (Å²) < 4.78 is 13.9. The second-order valence-corrected chi connectivity index (χ2v) is 3.97. The number of nitrogens with two attached hydrogens (primary N) is 1.